The summed E-state index contributed by atoms with van der Waals surface area (Å²) in [5, 5.41) is 0. The lowest BCUT2D eigenvalue weighted by atomic mass is 9.80. The molecule has 2 rings (SSSR count). The normalized spacial score (nSPS) is 21.0. The minimum atomic E-state index is 0.0344. The van der Waals surface area contributed by atoms with E-state index in [1.54, 1.807) is 7.11 Å². The number of allylic oxidation sites excluding steroid dienone is 2. The third-order valence-corrected chi connectivity index (χ3v) is 3.88. The van der Waals surface area contributed by atoms with E-state index in [4.69, 9.17) is 4.74 Å². The summed E-state index contributed by atoms with van der Waals surface area (Å²) in [6.45, 7) is 12.4. The molecule has 1 aliphatic carbocycles. The Bertz CT molecular complexity index is 468. The van der Waals surface area contributed by atoms with Crippen molar-refractivity contribution >= 4 is 5.57 Å². The van der Waals surface area contributed by atoms with Crippen LogP contribution in [0, 0.1) is 0 Å². The molecule has 0 saturated heterocycles. The molecule has 0 bridgehead atoms. The molecule has 0 amide bonds. The van der Waals surface area contributed by atoms with Crippen LogP contribution in [0.5, 0.6) is 0 Å². The average molecular weight is 228 g/mol. The van der Waals surface area contributed by atoms with E-state index in [9.17, 15) is 0 Å². The Labute approximate surface area is 104 Å². The van der Waals surface area contributed by atoms with Gasteiger partial charge < -0.3 is 4.74 Å². The molecule has 0 saturated carbocycles. The first-order valence-electron chi connectivity index (χ1n) is 5.99. The molecular weight excluding hydrogens is 208 g/mol. The van der Waals surface area contributed by atoms with Crippen molar-refractivity contribution in [1.29, 1.82) is 0 Å². The highest BCUT2D eigenvalue weighted by Gasteiger charge is 2.41. The molecule has 90 valence electrons. The molecule has 0 unspecified atom stereocenters. The number of methoxy groups -OCH3 is 1. The topological polar surface area (TPSA) is 9.23 Å². The molecule has 1 aromatic rings. The van der Waals surface area contributed by atoms with Crippen LogP contribution in [-0.4, -0.2) is 13.2 Å². The van der Waals surface area contributed by atoms with Crippen LogP contribution in [0.3, 0.4) is 0 Å². The summed E-state index contributed by atoms with van der Waals surface area (Å²) < 4.78 is 5.62. The summed E-state index contributed by atoms with van der Waals surface area (Å²) >= 11 is 0. The maximum Gasteiger partial charge on any atom is 0.0703 e. The Morgan fingerprint density at radius 3 is 2.76 bits per heavy atom. The van der Waals surface area contributed by atoms with E-state index in [-0.39, 0.29) is 11.5 Å². The van der Waals surface area contributed by atoms with Gasteiger partial charge in [0.1, 0.15) is 0 Å². The van der Waals surface area contributed by atoms with E-state index in [2.05, 4.69) is 45.2 Å². The smallest absolute Gasteiger partial charge is 0.0703 e. The van der Waals surface area contributed by atoms with E-state index in [0.717, 1.165) is 12.0 Å². The second-order valence-electron chi connectivity index (χ2n) is 5.22. The van der Waals surface area contributed by atoms with Gasteiger partial charge >= 0.3 is 0 Å². The number of benzene rings is 1. The third kappa shape index (κ3) is 1.75. The molecule has 0 N–H and O–H groups in total. The molecule has 0 heterocycles. The van der Waals surface area contributed by atoms with Crippen LogP contribution in [0.1, 0.15) is 30.5 Å². The predicted octanol–water partition coefficient (Wildman–Crippen LogP) is 3.73. The molecule has 1 aliphatic rings. The molecule has 0 aromatic heterocycles. The minimum Gasteiger partial charge on any atom is -0.380 e. The molecule has 0 aliphatic heterocycles. The van der Waals surface area contributed by atoms with Crippen LogP contribution in [0.4, 0.5) is 0 Å². The van der Waals surface area contributed by atoms with Crippen molar-refractivity contribution < 1.29 is 4.74 Å². The van der Waals surface area contributed by atoms with Crippen LogP contribution < -0.4 is 0 Å². The van der Waals surface area contributed by atoms with Crippen molar-refractivity contribution in [2.75, 3.05) is 7.11 Å². The lowest BCUT2D eigenvalue weighted by molar-refractivity contribution is 0.0582. The number of hydrogen-bond acceptors (Lipinski definition) is 1. The Morgan fingerprint density at radius 2 is 2.18 bits per heavy atom. The highest BCUT2D eigenvalue weighted by molar-refractivity contribution is 5.76. The van der Waals surface area contributed by atoms with E-state index in [1.165, 1.54) is 16.7 Å². The zero-order chi connectivity index (χ0) is 12.6. The van der Waals surface area contributed by atoms with Crippen molar-refractivity contribution in [3.63, 3.8) is 0 Å². The first-order chi connectivity index (χ1) is 8.02. The number of ether oxygens (including phenoxy) is 1. The second-order valence-corrected chi connectivity index (χ2v) is 5.22. The summed E-state index contributed by atoms with van der Waals surface area (Å²) in [5.41, 5.74) is 4.99. The first kappa shape index (κ1) is 12.1. The van der Waals surface area contributed by atoms with Gasteiger partial charge in [-0.1, -0.05) is 51.3 Å². The van der Waals surface area contributed by atoms with E-state index < -0.39 is 0 Å². The Hall–Kier alpha value is -1.34. The van der Waals surface area contributed by atoms with Crippen molar-refractivity contribution in [2.45, 2.75) is 31.8 Å². The molecule has 1 nitrogen and oxygen atoms in total. The van der Waals surface area contributed by atoms with Crippen LogP contribution in [0.2, 0.25) is 0 Å². The Morgan fingerprint density at radius 1 is 1.47 bits per heavy atom. The maximum atomic E-state index is 5.62. The monoisotopic (exact) mass is 228 g/mol. The standard InChI is InChI=1S/C16H20O/c1-6-11(2)13-9-7-8-12-10-14(17-5)16(3,4)15(12)13/h6-9,14H,1-2,10H2,3-5H3/t14-/m0/s1. The summed E-state index contributed by atoms with van der Waals surface area (Å²) in [6, 6.07) is 6.41. The Kier molecular flexibility index (Phi) is 2.96. The minimum absolute atomic E-state index is 0.0344. The summed E-state index contributed by atoms with van der Waals surface area (Å²) in [7, 11) is 1.79. The third-order valence-electron chi connectivity index (χ3n) is 3.88. The Balaban J connectivity index is 2.61. The highest BCUT2D eigenvalue weighted by atomic mass is 16.5. The molecule has 0 spiro atoms. The SMILES string of the molecule is C=CC(=C)c1cccc2c1C(C)(C)[C@@H](OC)C2. The van der Waals surface area contributed by atoms with Gasteiger partial charge in [-0.05, 0) is 28.7 Å². The van der Waals surface area contributed by atoms with Gasteiger partial charge in [-0.2, -0.15) is 0 Å². The average Bonchev–Trinajstić information content (AvgIpc) is 2.59. The van der Waals surface area contributed by atoms with E-state index in [1.807, 2.05) is 6.08 Å². The van der Waals surface area contributed by atoms with Crippen LogP contribution in [0.25, 0.3) is 5.57 Å². The van der Waals surface area contributed by atoms with Gasteiger partial charge in [-0.25, -0.2) is 0 Å². The number of hydrogen-bond donors (Lipinski definition) is 0. The fraction of sp³-hybridized carbons (Fsp3) is 0.375. The van der Waals surface area contributed by atoms with Gasteiger partial charge in [0.25, 0.3) is 0 Å². The molecule has 0 radical (unpaired) electrons. The van der Waals surface area contributed by atoms with Gasteiger partial charge in [0, 0.05) is 12.5 Å². The van der Waals surface area contributed by atoms with Crippen molar-refractivity contribution in [3.8, 4) is 0 Å². The van der Waals surface area contributed by atoms with Crippen LogP contribution in [0.15, 0.2) is 37.4 Å². The lowest BCUT2D eigenvalue weighted by Crippen LogP contribution is -2.31. The largest absolute Gasteiger partial charge is 0.380 e. The van der Waals surface area contributed by atoms with Gasteiger partial charge in [0.2, 0.25) is 0 Å². The van der Waals surface area contributed by atoms with Gasteiger partial charge in [0.05, 0.1) is 6.10 Å². The molecule has 1 heteroatoms. The molecular formula is C16H20O. The second kappa shape index (κ2) is 4.15. The number of rotatable bonds is 3. The zero-order valence-corrected chi connectivity index (χ0v) is 10.9. The maximum absolute atomic E-state index is 5.62. The highest BCUT2D eigenvalue weighted by Crippen LogP contribution is 2.43. The van der Waals surface area contributed by atoms with Gasteiger partial charge in [0.15, 0.2) is 0 Å². The van der Waals surface area contributed by atoms with Crippen molar-refractivity contribution in [1.82, 2.24) is 0 Å². The molecule has 0 fully saturated rings. The first-order valence-corrected chi connectivity index (χ1v) is 5.99. The fourth-order valence-corrected chi connectivity index (χ4v) is 2.90. The number of fused-ring (bicyclic) bond motifs is 1. The van der Waals surface area contributed by atoms with Gasteiger partial charge in [-0.15, -0.1) is 0 Å². The summed E-state index contributed by atoms with van der Waals surface area (Å²) in [4.78, 5) is 0. The van der Waals surface area contributed by atoms with Crippen molar-refractivity contribution in [2.24, 2.45) is 0 Å². The van der Waals surface area contributed by atoms with E-state index in [0.29, 0.717) is 0 Å². The summed E-state index contributed by atoms with van der Waals surface area (Å²) in [6.07, 6.45) is 3.05. The molecule has 17 heavy (non-hydrogen) atoms. The predicted molar refractivity (Wildman–Crippen MR) is 73.2 cm³/mol. The zero-order valence-electron chi connectivity index (χ0n) is 10.9. The van der Waals surface area contributed by atoms with E-state index >= 15 is 0 Å². The van der Waals surface area contributed by atoms with Gasteiger partial charge in [-0.3, -0.25) is 0 Å². The summed E-state index contributed by atoms with van der Waals surface area (Å²) in [5.74, 6) is 0. The van der Waals surface area contributed by atoms with Crippen LogP contribution >= 0.6 is 0 Å². The molecule has 1 aromatic carbocycles. The molecule has 1 atom stereocenters. The van der Waals surface area contributed by atoms with Crippen LogP contribution in [-0.2, 0) is 16.6 Å². The van der Waals surface area contributed by atoms with Crippen molar-refractivity contribution in [3.05, 3.63) is 54.1 Å². The fourth-order valence-electron chi connectivity index (χ4n) is 2.90. The lowest BCUT2D eigenvalue weighted by Gasteiger charge is -2.28. The quantitative estimate of drug-likeness (QED) is 0.716.